The predicted molar refractivity (Wildman–Crippen MR) is 69.8 cm³/mol. The SMILES string of the molecule is NCCC1CCC(=O)N(c2ccccc2)CC1. The molecule has 0 saturated carbocycles. The highest BCUT2D eigenvalue weighted by molar-refractivity contribution is 5.93. The van der Waals surface area contributed by atoms with Crippen LogP contribution in [0.15, 0.2) is 30.3 Å². The Bertz CT molecular complexity index is 364. The summed E-state index contributed by atoms with van der Waals surface area (Å²) in [4.78, 5) is 14.0. The van der Waals surface area contributed by atoms with Crippen LogP contribution in [0.2, 0.25) is 0 Å². The number of nitrogens with two attached hydrogens (primary N) is 1. The summed E-state index contributed by atoms with van der Waals surface area (Å²) >= 11 is 0. The third-order valence-corrected chi connectivity index (χ3v) is 3.47. The van der Waals surface area contributed by atoms with E-state index in [0.29, 0.717) is 12.3 Å². The lowest BCUT2D eigenvalue weighted by Gasteiger charge is -2.20. The maximum atomic E-state index is 12.1. The largest absolute Gasteiger partial charge is 0.330 e. The fraction of sp³-hybridized carbons (Fsp3) is 0.500. The van der Waals surface area contributed by atoms with Crippen LogP contribution in [0.5, 0.6) is 0 Å². The van der Waals surface area contributed by atoms with E-state index in [0.717, 1.165) is 38.0 Å². The van der Waals surface area contributed by atoms with Crippen molar-refractivity contribution >= 4 is 11.6 Å². The summed E-state index contributed by atoms with van der Waals surface area (Å²) in [6, 6.07) is 9.93. The molecule has 2 rings (SSSR count). The van der Waals surface area contributed by atoms with Crippen LogP contribution in [0.3, 0.4) is 0 Å². The molecule has 1 saturated heterocycles. The van der Waals surface area contributed by atoms with Crippen LogP contribution in [0.1, 0.15) is 25.7 Å². The Morgan fingerprint density at radius 1 is 1.24 bits per heavy atom. The van der Waals surface area contributed by atoms with Gasteiger partial charge in [-0.25, -0.2) is 0 Å². The molecule has 1 heterocycles. The third-order valence-electron chi connectivity index (χ3n) is 3.47. The van der Waals surface area contributed by atoms with E-state index in [1.807, 2.05) is 35.2 Å². The van der Waals surface area contributed by atoms with Crippen molar-refractivity contribution in [2.24, 2.45) is 11.7 Å². The fourth-order valence-electron chi connectivity index (χ4n) is 2.45. The van der Waals surface area contributed by atoms with Crippen molar-refractivity contribution in [3.63, 3.8) is 0 Å². The van der Waals surface area contributed by atoms with Crippen LogP contribution in [0.25, 0.3) is 0 Å². The van der Waals surface area contributed by atoms with Crippen molar-refractivity contribution in [3.05, 3.63) is 30.3 Å². The molecular formula is C14H20N2O. The molecule has 0 aromatic heterocycles. The minimum Gasteiger partial charge on any atom is -0.330 e. The second-order valence-electron chi connectivity index (χ2n) is 4.65. The van der Waals surface area contributed by atoms with Crippen molar-refractivity contribution < 1.29 is 4.79 Å². The number of rotatable bonds is 3. The lowest BCUT2D eigenvalue weighted by molar-refractivity contribution is -0.118. The number of amides is 1. The maximum Gasteiger partial charge on any atom is 0.226 e. The van der Waals surface area contributed by atoms with E-state index in [1.54, 1.807) is 0 Å². The summed E-state index contributed by atoms with van der Waals surface area (Å²) in [7, 11) is 0. The number of anilines is 1. The summed E-state index contributed by atoms with van der Waals surface area (Å²) in [5.74, 6) is 0.855. The van der Waals surface area contributed by atoms with Gasteiger partial charge in [-0.2, -0.15) is 0 Å². The number of carbonyl (C=O) groups excluding carboxylic acids is 1. The first-order valence-corrected chi connectivity index (χ1v) is 6.36. The highest BCUT2D eigenvalue weighted by Gasteiger charge is 2.22. The van der Waals surface area contributed by atoms with Crippen LogP contribution in [-0.4, -0.2) is 19.0 Å². The Labute approximate surface area is 103 Å². The van der Waals surface area contributed by atoms with Gasteiger partial charge in [0.25, 0.3) is 0 Å². The van der Waals surface area contributed by atoms with Gasteiger partial charge in [0.1, 0.15) is 0 Å². The van der Waals surface area contributed by atoms with Crippen LogP contribution in [0, 0.1) is 5.92 Å². The molecule has 3 heteroatoms. The minimum atomic E-state index is 0.246. The summed E-state index contributed by atoms with van der Waals surface area (Å²) in [5.41, 5.74) is 6.61. The lowest BCUT2D eigenvalue weighted by atomic mass is 9.97. The average molecular weight is 232 g/mol. The van der Waals surface area contributed by atoms with Gasteiger partial charge in [0.15, 0.2) is 0 Å². The van der Waals surface area contributed by atoms with Crippen molar-refractivity contribution in [2.45, 2.75) is 25.7 Å². The monoisotopic (exact) mass is 232 g/mol. The van der Waals surface area contributed by atoms with Crippen molar-refractivity contribution in [1.82, 2.24) is 0 Å². The first-order valence-electron chi connectivity index (χ1n) is 6.36. The fourth-order valence-corrected chi connectivity index (χ4v) is 2.45. The Hall–Kier alpha value is -1.35. The first-order chi connectivity index (χ1) is 8.31. The average Bonchev–Trinajstić information content (AvgIpc) is 2.54. The van der Waals surface area contributed by atoms with E-state index in [4.69, 9.17) is 5.73 Å². The molecule has 3 nitrogen and oxygen atoms in total. The highest BCUT2D eigenvalue weighted by Crippen LogP contribution is 2.24. The summed E-state index contributed by atoms with van der Waals surface area (Å²) in [6.45, 7) is 1.55. The lowest BCUT2D eigenvalue weighted by Crippen LogP contribution is -2.29. The molecule has 1 aromatic carbocycles. The molecule has 1 fully saturated rings. The number of hydrogen-bond acceptors (Lipinski definition) is 2. The molecule has 0 spiro atoms. The molecule has 0 bridgehead atoms. The highest BCUT2D eigenvalue weighted by atomic mass is 16.2. The van der Waals surface area contributed by atoms with Crippen LogP contribution in [-0.2, 0) is 4.79 Å². The van der Waals surface area contributed by atoms with E-state index in [2.05, 4.69) is 0 Å². The van der Waals surface area contributed by atoms with E-state index < -0.39 is 0 Å². The van der Waals surface area contributed by atoms with Crippen molar-refractivity contribution in [1.29, 1.82) is 0 Å². The molecule has 1 aromatic rings. The predicted octanol–water partition coefficient (Wildman–Crippen LogP) is 2.17. The number of benzene rings is 1. The number of para-hydroxylation sites is 1. The van der Waals surface area contributed by atoms with Gasteiger partial charge in [0.2, 0.25) is 5.91 Å². The molecule has 17 heavy (non-hydrogen) atoms. The zero-order valence-electron chi connectivity index (χ0n) is 10.1. The Kier molecular flexibility index (Phi) is 4.15. The summed E-state index contributed by atoms with van der Waals surface area (Å²) in [5, 5.41) is 0. The molecule has 1 aliphatic rings. The standard InChI is InChI=1S/C14H20N2O/c15-10-8-12-6-7-14(17)16(11-9-12)13-4-2-1-3-5-13/h1-5,12H,6-11,15H2. The van der Waals surface area contributed by atoms with Gasteiger partial charge < -0.3 is 10.6 Å². The molecule has 1 unspecified atom stereocenters. The Morgan fingerprint density at radius 2 is 2.00 bits per heavy atom. The molecule has 92 valence electrons. The molecule has 1 atom stereocenters. The molecule has 2 N–H and O–H groups in total. The zero-order chi connectivity index (χ0) is 12.1. The smallest absolute Gasteiger partial charge is 0.226 e. The number of hydrogen-bond donors (Lipinski definition) is 1. The Balaban J connectivity index is 2.06. The van der Waals surface area contributed by atoms with Gasteiger partial charge in [-0.3, -0.25) is 4.79 Å². The Morgan fingerprint density at radius 3 is 2.71 bits per heavy atom. The van der Waals surface area contributed by atoms with Gasteiger partial charge in [0.05, 0.1) is 0 Å². The van der Waals surface area contributed by atoms with Crippen molar-refractivity contribution in [2.75, 3.05) is 18.0 Å². The summed E-state index contributed by atoms with van der Waals surface area (Å²) < 4.78 is 0. The minimum absolute atomic E-state index is 0.246. The normalized spacial score (nSPS) is 21.4. The number of carbonyl (C=O) groups is 1. The zero-order valence-corrected chi connectivity index (χ0v) is 10.1. The second-order valence-corrected chi connectivity index (χ2v) is 4.65. The topological polar surface area (TPSA) is 46.3 Å². The third kappa shape index (κ3) is 3.07. The van der Waals surface area contributed by atoms with E-state index in [9.17, 15) is 4.79 Å². The van der Waals surface area contributed by atoms with Gasteiger partial charge in [-0.05, 0) is 43.9 Å². The molecule has 0 radical (unpaired) electrons. The van der Waals surface area contributed by atoms with Gasteiger partial charge in [0, 0.05) is 18.7 Å². The number of nitrogens with zero attached hydrogens (tertiary/aromatic N) is 1. The molecular weight excluding hydrogens is 212 g/mol. The van der Waals surface area contributed by atoms with E-state index >= 15 is 0 Å². The van der Waals surface area contributed by atoms with Crippen LogP contribution < -0.4 is 10.6 Å². The van der Waals surface area contributed by atoms with Crippen LogP contribution in [0.4, 0.5) is 5.69 Å². The summed E-state index contributed by atoms with van der Waals surface area (Å²) in [6.07, 6.45) is 3.74. The van der Waals surface area contributed by atoms with Crippen molar-refractivity contribution in [3.8, 4) is 0 Å². The maximum absolute atomic E-state index is 12.1. The van der Waals surface area contributed by atoms with E-state index in [1.165, 1.54) is 0 Å². The van der Waals surface area contributed by atoms with Gasteiger partial charge in [-0.15, -0.1) is 0 Å². The first kappa shape index (κ1) is 12.1. The second kappa shape index (κ2) is 5.82. The van der Waals surface area contributed by atoms with Crippen LogP contribution >= 0.6 is 0 Å². The van der Waals surface area contributed by atoms with Gasteiger partial charge >= 0.3 is 0 Å². The van der Waals surface area contributed by atoms with Gasteiger partial charge in [-0.1, -0.05) is 18.2 Å². The van der Waals surface area contributed by atoms with E-state index in [-0.39, 0.29) is 5.91 Å². The quantitative estimate of drug-likeness (QED) is 0.868. The molecule has 1 amide bonds. The molecule has 1 aliphatic heterocycles. The molecule has 0 aliphatic carbocycles.